The van der Waals surface area contributed by atoms with E-state index >= 15 is 0 Å². The maximum atomic E-state index is 11.5. The van der Waals surface area contributed by atoms with Gasteiger partial charge >= 0.3 is 0 Å². The third-order valence-corrected chi connectivity index (χ3v) is 10.6. The number of amides is 1. The largest absolute Gasteiger partial charge is 0.352 e. The number of hydrogen-bond donors (Lipinski definition) is 1. The quantitative estimate of drug-likeness (QED) is 0.235. The zero-order valence-electron chi connectivity index (χ0n) is 24.1. The van der Waals surface area contributed by atoms with Crippen molar-refractivity contribution in [1.82, 2.24) is 5.32 Å². The maximum Gasteiger partial charge on any atom is 0.243 e. The van der Waals surface area contributed by atoms with Crippen LogP contribution in [0, 0.1) is 23.7 Å². The summed E-state index contributed by atoms with van der Waals surface area (Å²) in [6, 6.07) is 7.70. The van der Waals surface area contributed by atoms with Crippen LogP contribution < -0.4 is 5.32 Å². The Morgan fingerprint density at radius 2 is 1.46 bits per heavy atom. The third-order valence-electron chi connectivity index (χ3n) is 10.6. The van der Waals surface area contributed by atoms with Gasteiger partial charge in [0.1, 0.15) is 0 Å². The Kier molecular flexibility index (Phi) is 11.2. The number of carbonyl (C=O) groups is 1. The predicted molar refractivity (Wildman–Crippen MR) is 158 cm³/mol. The van der Waals surface area contributed by atoms with Crippen LogP contribution in [-0.2, 0) is 11.2 Å². The molecule has 0 bridgehead atoms. The van der Waals surface area contributed by atoms with E-state index in [1.165, 1.54) is 115 Å². The van der Waals surface area contributed by atoms with E-state index in [2.05, 4.69) is 43.9 Å². The molecule has 0 aromatic heterocycles. The molecule has 0 aliphatic heterocycles. The van der Waals surface area contributed by atoms with Gasteiger partial charge in [-0.05, 0) is 142 Å². The summed E-state index contributed by atoms with van der Waals surface area (Å²) in [4.78, 5) is 11.5. The predicted octanol–water partition coefficient (Wildman–Crippen LogP) is 9.49. The Labute approximate surface area is 228 Å². The van der Waals surface area contributed by atoms with Gasteiger partial charge < -0.3 is 5.32 Å². The monoisotopic (exact) mass is 505 g/mol. The van der Waals surface area contributed by atoms with Crippen molar-refractivity contribution in [2.45, 2.75) is 135 Å². The highest BCUT2D eigenvalue weighted by atomic mass is 16.1. The van der Waals surface area contributed by atoms with Gasteiger partial charge in [-0.1, -0.05) is 64.3 Å². The van der Waals surface area contributed by atoms with Gasteiger partial charge in [-0.3, -0.25) is 4.79 Å². The van der Waals surface area contributed by atoms with Gasteiger partial charge in [0.25, 0.3) is 0 Å². The molecule has 0 spiro atoms. The van der Waals surface area contributed by atoms with E-state index in [4.69, 9.17) is 0 Å². The van der Waals surface area contributed by atoms with Crippen LogP contribution in [0.3, 0.4) is 0 Å². The van der Waals surface area contributed by atoms with Crippen LogP contribution >= 0.6 is 0 Å². The molecule has 1 N–H and O–H groups in total. The standard InChI is InChI=1S/C35H55NO/c1-4-7-8-9-26-10-16-32(17-11-26)34-23-22-33(24-28(34)5-2)31-20-18-30(19-21-31)29-14-12-27(13-15-29)25-36-35(37)6-3/h6,22-24,26-27,29-32H,3-5,7-21,25H2,1-2H3,(H,36,37). The zero-order chi connectivity index (χ0) is 26.0. The van der Waals surface area contributed by atoms with Crippen molar-refractivity contribution < 1.29 is 4.79 Å². The van der Waals surface area contributed by atoms with Gasteiger partial charge in [0.2, 0.25) is 5.91 Å². The van der Waals surface area contributed by atoms with Crippen LogP contribution in [0.2, 0.25) is 0 Å². The topological polar surface area (TPSA) is 29.1 Å². The smallest absolute Gasteiger partial charge is 0.243 e. The van der Waals surface area contributed by atoms with Crippen molar-refractivity contribution in [3.63, 3.8) is 0 Å². The highest BCUT2D eigenvalue weighted by Gasteiger charge is 2.32. The molecule has 1 amide bonds. The fraction of sp³-hybridized carbons (Fsp3) is 0.743. The van der Waals surface area contributed by atoms with Gasteiger partial charge in [-0.25, -0.2) is 0 Å². The molecule has 1 aromatic rings. The third kappa shape index (κ3) is 7.96. The first-order valence-corrected chi connectivity index (χ1v) is 16.1. The normalized spacial score (nSPS) is 30.5. The Bertz CT molecular complexity index is 835. The van der Waals surface area contributed by atoms with Crippen molar-refractivity contribution >= 4 is 5.91 Å². The molecule has 0 saturated heterocycles. The minimum atomic E-state index is -0.0232. The molecule has 37 heavy (non-hydrogen) atoms. The molecule has 2 nitrogen and oxygen atoms in total. The average molecular weight is 506 g/mol. The second-order valence-electron chi connectivity index (χ2n) is 12.9. The molecule has 3 saturated carbocycles. The number of benzene rings is 1. The van der Waals surface area contributed by atoms with Gasteiger partial charge in [0.05, 0.1) is 0 Å². The van der Waals surface area contributed by atoms with Crippen molar-refractivity contribution in [3.05, 3.63) is 47.5 Å². The number of carbonyl (C=O) groups excluding carboxylic acids is 1. The van der Waals surface area contributed by atoms with Crippen molar-refractivity contribution in [1.29, 1.82) is 0 Å². The number of aryl methyl sites for hydroxylation is 1. The summed E-state index contributed by atoms with van der Waals surface area (Å²) in [5, 5.41) is 3.01. The molecular formula is C35H55NO. The molecule has 0 heterocycles. The van der Waals surface area contributed by atoms with Crippen LogP contribution in [0.5, 0.6) is 0 Å². The first-order chi connectivity index (χ1) is 18.1. The van der Waals surface area contributed by atoms with E-state index in [1.807, 2.05) is 0 Å². The Balaban J connectivity index is 1.23. The van der Waals surface area contributed by atoms with Gasteiger partial charge in [-0.15, -0.1) is 0 Å². The Hall–Kier alpha value is -1.57. The maximum absolute atomic E-state index is 11.5. The average Bonchev–Trinajstić information content (AvgIpc) is 2.96. The minimum absolute atomic E-state index is 0.0232. The molecular weight excluding hydrogens is 450 g/mol. The molecule has 3 aliphatic rings. The summed E-state index contributed by atoms with van der Waals surface area (Å²) in [5.41, 5.74) is 4.97. The second kappa shape index (κ2) is 14.5. The zero-order valence-corrected chi connectivity index (χ0v) is 24.1. The highest BCUT2D eigenvalue weighted by Crippen LogP contribution is 2.45. The number of rotatable bonds is 11. The Morgan fingerprint density at radius 3 is 2.08 bits per heavy atom. The van der Waals surface area contributed by atoms with Gasteiger partial charge in [0.15, 0.2) is 0 Å². The van der Waals surface area contributed by atoms with Crippen molar-refractivity contribution in [3.8, 4) is 0 Å². The fourth-order valence-electron chi connectivity index (χ4n) is 8.13. The molecule has 4 rings (SSSR count). The van der Waals surface area contributed by atoms with Crippen LogP contribution in [0.25, 0.3) is 0 Å². The SMILES string of the molecule is C=CC(=O)NCC1CCC(C2CCC(c3ccc(C4CCC(CCCCC)CC4)c(CC)c3)CC2)CC1. The molecule has 3 fully saturated rings. The highest BCUT2D eigenvalue weighted by molar-refractivity contribution is 5.86. The van der Waals surface area contributed by atoms with Crippen LogP contribution in [0.4, 0.5) is 0 Å². The number of hydrogen-bond acceptors (Lipinski definition) is 1. The summed E-state index contributed by atoms with van der Waals surface area (Å²) < 4.78 is 0. The summed E-state index contributed by atoms with van der Waals surface area (Å²) in [7, 11) is 0. The van der Waals surface area contributed by atoms with Crippen LogP contribution in [0.1, 0.15) is 145 Å². The molecule has 206 valence electrons. The second-order valence-corrected chi connectivity index (χ2v) is 12.9. The summed E-state index contributed by atoms with van der Waals surface area (Å²) >= 11 is 0. The molecule has 0 atom stereocenters. The summed E-state index contributed by atoms with van der Waals surface area (Å²) in [5.74, 6) is 5.06. The fourth-order valence-corrected chi connectivity index (χ4v) is 8.13. The van der Waals surface area contributed by atoms with Crippen molar-refractivity contribution in [2.24, 2.45) is 23.7 Å². The van der Waals surface area contributed by atoms with E-state index in [1.54, 1.807) is 16.7 Å². The lowest BCUT2D eigenvalue weighted by Crippen LogP contribution is -2.32. The van der Waals surface area contributed by atoms with E-state index in [0.29, 0.717) is 5.92 Å². The molecule has 0 unspecified atom stereocenters. The molecule has 1 aromatic carbocycles. The van der Waals surface area contributed by atoms with E-state index in [9.17, 15) is 4.79 Å². The molecule has 2 heteroatoms. The minimum Gasteiger partial charge on any atom is -0.352 e. The summed E-state index contributed by atoms with van der Waals surface area (Å²) in [6.07, 6.45) is 24.9. The lowest BCUT2D eigenvalue weighted by atomic mass is 9.68. The molecule has 0 radical (unpaired) electrons. The Morgan fingerprint density at radius 1 is 0.838 bits per heavy atom. The first-order valence-electron chi connectivity index (χ1n) is 16.1. The summed E-state index contributed by atoms with van der Waals surface area (Å²) in [6.45, 7) is 9.09. The van der Waals surface area contributed by atoms with Gasteiger partial charge in [-0.2, -0.15) is 0 Å². The van der Waals surface area contributed by atoms with E-state index in [0.717, 1.165) is 36.1 Å². The number of unbranched alkanes of at least 4 members (excludes halogenated alkanes) is 2. The van der Waals surface area contributed by atoms with Crippen molar-refractivity contribution in [2.75, 3.05) is 6.54 Å². The van der Waals surface area contributed by atoms with E-state index < -0.39 is 0 Å². The van der Waals surface area contributed by atoms with E-state index in [-0.39, 0.29) is 5.91 Å². The lowest BCUT2D eigenvalue weighted by Gasteiger charge is -2.38. The lowest BCUT2D eigenvalue weighted by molar-refractivity contribution is -0.116. The number of nitrogens with one attached hydrogen (secondary N) is 1. The first kappa shape index (κ1) is 28.4. The van der Waals surface area contributed by atoms with Crippen LogP contribution in [0.15, 0.2) is 30.9 Å². The van der Waals surface area contributed by atoms with Crippen LogP contribution in [-0.4, -0.2) is 12.5 Å². The van der Waals surface area contributed by atoms with Gasteiger partial charge in [0, 0.05) is 6.54 Å². The molecule has 3 aliphatic carbocycles.